The van der Waals surface area contributed by atoms with Crippen LogP contribution in [0.15, 0.2) is 10.6 Å². The highest BCUT2D eigenvalue weighted by Crippen LogP contribution is 2.16. The van der Waals surface area contributed by atoms with Gasteiger partial charge in [0.25, 0.3) is 0 Å². The van der Waals surface area contributed by atoms with Crippen molar-refractivity contribution in [1.82, 2.24) is 4.74 Å². The van der Waals surface area contributed by atoms with Crippen LogP contribution in [0.5, 0.6) is 0 Å². The molecule has 62 valence electrons. The van der Waals surface area contributed by atoms with E-state index in [-0.39, 0.29) is 0 Å². The third kappa shape index (κ3) is 1.39. The fraction of sp³-hybridized carbons (Fsp3) is 0.556. The zero-order chi connectivity index (χ0) is 8.27. The summed E-state index contributed by atoms with van der Waals surface area (Å²) in [5.74, 6) is 1.10. The molecule has 0 spiro atoms. The summed E-state index contributed by atoms with van der Waals surface area (Å²) in [5.41, 5.74) is 1.23. The molecule has 0 aromatic carbocycles. The van der Waals surface area contributed by atoms with Crippen LogP contribution in [-0.2, 0) is 13.0 Å². The number of aromatic nitrogens is 1. The van der Waals surface area contributed by atoms with Gasteiger partial charge in [0.2, 0.25) is 0 Å². The number of nitrogens with zero attached hydrogens (tertiary/aromatic N) is 1. The molecule has 11 heavy (non-hydrogen) atoms. The SMILES string of the molecule is C/C=C\c1c(CC)on1CC. The molecule has 0 saturated heterocycles. The molecule has 0 fully saturated rings. The van der Waals surface area contributed by atoms with Gasteiger partial charge < -0.3 is 4.52 Å². The van der Waals surface area contributed by atoms with E-state index >= 15 is 0 Å². The monoisotopic (exact) mass is 153 g/mol. The number of aryl methyl sites for hydroxylation is 2. The summed E-state index contributed by atoms with van der Waals surface area (Å²) in [4.78, 5) is 0. The van der Waals surface area contributed by atoms with Gasteiger partial charge in [0.15, 0.2) is 5.76 Å². The van der Waals surface area contributed by atoms with Crippen LogP contribution in [0.3, 0.4) is 0 Å². The average Bonchev–Trinajstić information content (AvgIpc) is 2.00. The van der Waals surface area contributed by atoms with Crippen LogP contribution >= 0.6 is 0 Å². The Labute approximate surface area is 67.5 Å². The van der Waals surface area contributed by atoms with E-state index in [0.717, 1.165) is 18.7 Å². The quantitative estimate of drug-likeness (QED) is 0.653. The molecule has 0 unspecified atom stereocenters. The van der Waals surface area contributed by atoms with Crippen molar-refractivity contribution < 1.29 is 4.52 Å². The molecule has 1 aromatic heterocycles. The first-order valence-electron chi connectivity index (χ1n) is 4.14. The smallest absolute Gasteiger partial charge is 0.158 e. The summed E-state index contributed by atoms with van der Waals surface area (Å²) in [7, 11) is 0. The fourth-order valence-electron chi connectivity index (χ4n) is 1.14. The van der Waals surface area contributed by atoms with Crippen molar-refractivity contribution in [2.24, 2.45) is 0 Å². The van der Waals surface area contributed by atoms with E-state index in [0.29, 0.717) is 0 Å². The van der Waals surface area contributed by atoms with Crippen molar-refractivity contribution >= 4 is 6.08 Å². The van der Waals surface area contributed by atoms with Crippen LogP contribution in [-0.4, -0.2) is 4.74 Å². The van der Waals surface area contributed by atoms with Gasteiger partial charge in [-0.25, -0.2) is 4.74 Å². The van der Waals surface area contributed by atoms with Crippen molar-refractivity contribution in [3.05, 3.63) is 17.5 Å². The van der Waals surface area contributed by atoms with E-state index < -0.39 is 0 Å². The molecule has 0 aliphatic carbocycles. The van der Waals surface area contributed by atoms with Crippen LogP contribution in [0.1, 0.15) is 32.2 Å². The van der Waals surface area contributed by atoms with Crippen LogP contribution in [0.4, 0.5) is 0 Å². The highest BCUT2D eigenvalue weighted by molar-refractivity contribution is 5.46. The largest absolute Gasteiger partial charge is 0.382 e. The lowest BCUT2D eigenvalue weighted by Gasteiger charge is -2.15. The Balaban J connectivity index is 2.81. The Morgan fingerprint density at radius 1 is 1.45 bits per heavy atom. The summed E-state index contributed by atoms with van der Waals surface area (Å²) in [5, 5.41) is 0. The van der Waals surface area contributed by atoms with Gasteiger partial charge >= 0.3 is 0 Å². The summed E-state index contributed by atoms with van der Waals surface area (Å²) in [6.07, 6.45) is 5.11. The first-order valence-corrected chi connectivity index (χ1v) is 4.14. The molecule has 0 atom stereocenters. The Bertz CT molecular complexity index is 225. The number of hydrogen-bond acceptors (Lipinski definition) is 1. The van der Waals surface area contributed by atoms with E-state index in [1.54, 1.807) is 0 Å². The molecule has 0 radical (unpaired) electrons. The Morgan fingerprint density at radius 3 is 2.64 bits per heavy atom. The molecule has 0 aliphatic rings. The fourth-order valence-corrected chi connectivity index (χ4v) is 1.14. The maximum atomic E-state index is 5.36. The Morgan fingerprint density at radius 2 is 2.18 bits per heavy atom. The maximum absolute atomic E-state index is 5.36. The molecule has 0 amide bonds. The van der Waals surface area contributed by atoms with Gasteiger partial charge in [0.05, 0.1) is 6.54 Å². The molecule has 2 heteroatoms. The Hall–Kier alpha value is -0.920. The van der Waals surface area contributed by atoms with Crippen LogP contribution < -0.4 is 0 Å². The highest BCUT2D eigenvalue weighted by atomic mass is 16.5. The normalized spacial score (nSPS) is 11.5. The second-order valence-corrected chi connectivity index (χ2v) is 2.45. The number of allylic oxidation sites excluding steroid dienone is 1. The average molecular weight is 153 g/mol. The third-order valence-electron chi connectivity index (χ3n) is 1.71. The van der Waals surface area contributed by atoms with E-state index in [2.05, 4.69) is 19.9 Å². The maximum Gasteiger partial charge on any atom is 0.158 e. The predicted octanol–water partition coefficient (Wildman–Crippen LogP) is 2.70. The van der Waals surface area contributed by atoms with E-state index in [9.17, 15) is 0 Å². The second kappa shape index (κ2) is 3.46. The molecule has 1 aromatic rings. The zero-order valence-corrected chi connectivity index (χ0v) is 7.42. The lowest BCUT2D eigenvalue weighted by molar-refractivity contribution is 0.190. The minimum Gasteiger partial charge on any atom is -0.382 e. The van der Waals surface area contributed by atoms with Gasteiger partial charge in [0, 0.05) is 6.42 Å². The minimum atomic E-state index is 0.920. The number of hydrogen-bond donors (Lipinski definition) is 0. The van der Waals surface area contributed by atoms with Crippen molar-refractivity contribution in [2.45, 2.75) is 33.7 Å². The van der Waals surface area contributed by atoms with Crippen molar-refractivity contribution in [3.8, 4) is 0 Å². The van der Waals surface area contributed by atoms with Crippen LogP contribution in [0.25, 0.3) is 6.08 Å². The summed E-state index contributed by atoms with van der Waals surface area (Å²) >= 11 is 0. The van der Waals surface area contributed by atoms with Crippen molar-refractivity contribution in [2.75, 3.05) is 0 Å². The predicted molar refractivity (Wildman–Crippen MR) is 46.5 cm³/mol. The van der Waals surface area contributed by atoms with E-state index in [4.69, 9.17) is 4.52 Å². The Kier molecular flexibility index (Phi) is 2.58. The molecule has 0 saturated carbocycles. The van der Waals surface area contributed by atoms with E-state index in [1.807, 2.05) is 17.7 Å². The topological polar surface area (TPSA) is 18.1 Å². The van der Waals surface area contributed by atoms with E-state index in [1.165, 1.54) is 5.69 Å². The van der Waals surface area contributed by atoms with Gasteiger partial charge in [-0.2, -0.15) is 0 Å². The summed E-state index contributed by atoms with van der Waals surface area (Å²) in [6, 6.07) is 0. The first-order chi connectivity index (χ1) is 5.33. The second-order valence-electron chi connectivity index (χ2n) is 2.45. The van der Waals surface area contributed by atoms with Gasteiger partial charge in [-0.05, 0) is 19.9 Å². The molecule has 0 N–H and O–H groups in total. The lowest BCUT2D eigenvalue weighted by Crippen LogP contribution is -2.10. The van der Waals surface area contributed by atoms with Crippen LogP contribution in [0.2, 0.25) is 0 Å². The molecule has 2 nitrogen and oxygen atoms in total. The molecule has 0 bridgehead atoms. The highest BCUT2D eigenvalue weighted by Gasteiger charge is 2.10. The van der Waals surface area contributed by atoms with Crippen molar-refractivity contribution in [3.63, 3.8) is 0 Å². The molecular weight excluding hydrogens is 138 g/mol. The summed E-state index contributed by atoms with van der Waals surface area (Å²) < 4.78 is 7.27. The first kappa shape index (κ1) is 8.18. The molecular formula is C9H15NO. The van der Waals surface area contributed by atoms with Gasteiger partial charge in [0.1, 0.15) is 5.69 Å². The van der Waals surface area contributed by atoms with Gasteiger partial charge in [-0.15, -0.1) is 0 Å². The standard InChI is InChI=1S/C9H15NO/c1-4-7-8-9(5-2)11-10(8)6-3/h4,7H,5-6H2,1-3H3/b7-4-. The minimum absolute atomic E-state index is 0.920. The lowest BCUT2D eigenvalue weighted by atomic mass is 10.2. The van der Waals surface area contributed by atoms with Gasteiger partial charge in [-0.1, -0.05) is 13.0 Å². The van der Waals surface area contributed by atoms with Crippen LogP contribution in [0, 0.1) is 0 Å². The van der Waals surface area contributed by atoms with Crippen molar-refractivity contribution in [1.29, 1.82) is 0 Å². The molecule has 1 heterocycles. The third-order valence-corrected chi connectivity index (χ3v) is 1.71. The number of rotatable bonds is 3. The van der Waals surface area contributed by atoms with Gasteiger partial charge in [-0.3, -0.25) is 0 Å². The summed E-state index contributed by atoms with van der Waals surface area (Å²) in [6.45, 7) is 7.12. The molecule has 0 aliphatic heterocycles. The zero-order valence-electron chi connectivity index (χ0n) is 7.42. The molecule has 1 rings (SSSR count).